The van der Waals surface area contributed by atoms with Crippen LogP contribution in [0.1, 0.15) is 57.2 Å². The molecule has 1 atom stereocenters. The predicted octanol–water partition coefficient (Wildman–Crippen LogP) is 1.47. The van der Waals surface area contributed by atoms with Crippen LogP contribution in [0, 0.1) is 0 Å². The average molecular weight is 312 g/mol. The van der Waals surface area contributed by atoms with Gasteiger partial charge < -0.3 is 0 Å². The Morgan fingerprint density at radius 2 is 2.10 bits per heavy atom. The summed E-state index contributed by atoms with van der Waals surface area (Å²) in [6.45, 7) is 5.50. The van der Waals surface area contributed by atoms with Crippen molar-refractivity contribution in [3.8, 4) is 0 Å². The molecule has 1 aromatic heterocycles. The van der Waals surface area contributed by atoms with Gasteiger partial charge >= 0.3 is 0 Å². The number of aryl methyl sites for hydroxylation is 1. The molecule has 1 saturated heterocycles. The van der Waals surface area contributed by atoms with Crippen LogP contribution in [0.4, 0.5) is 0 Å². The second kappa shape index (κ2) is 5.35. The van der Waals surface area contributed by atoms with Crippen LogP contribution in [-0.2, 0) is 16.3 Å². The highest BCUT2D eigenvalue weighted by Gasteiger charge is 2.49. The number of hydrogen-bond donors (Lipinski definition) is 1. The van der Waals surface area contributed by atoms with Gasteiger partial charge in [-0.25, -0.2) is 13.4 Å². The zero-order valence-corrected chi connectivity index (χ0v) is 13.6. The standard InChI is InChI=1S/C14H24N4O2S/c1-3-12-15-13(17-16-12)11(2)18-8-7-14(5-4-6-14)21(19,20)10-9-18/h11H,3-10H2,1-2H3,(H,15,16,17). The summed E-state index contributed by atoms with van der Waals surface area (Å²) >= 11 is 0. The number of aromatic nitrogens is 3. The number of nitrogens with zero attached hydrogens (tertiary/aromatic N) is 3. The summed E-state index contributed by atoms with van der Waals surface area (Å²) in [4.78, 5) is 6.70. The minimum Gasteiger partial charge on any atom is -0.293 e. The zero-order chi connectivity index (χ0) is 15.1. The highest BCUT2D eigenvalue weighted by Crippen LogP contribution is 2.44. The Kier molecular flexibility index (Phi) is 3.81. The maximum atomic E-state index is 12.5. The molecule has 3 rings (SSSR count). The lowest BCUT2D eigenvalue weighted by Crippen LogP contribution is -2.46. The van der Waals surface area contributed by atoms with Gasteiger partial charge in [0.1, 0.15) is 5.82 Å². The molecule has 0 radical (unpaired) electrons. The van der Waals surface area contributed by atoms with Gasteiger partial charge in [-0.3, -0.25) is 10.00 Å². The Labute approximate surface area is 126 Å². The lowest BCUT2D eigenvalue weighted by Gasteiger charge is -2.40. The van der Waals surface area contributed by atoms with Crippen molar-refractivity contribution in [1.82, 2.24) is 20.1 Å². The third-order valence-electron chi connectivity index (χ3n) is 5.23. The number of H-pyrrole nitrogens is 1. The molecule has 1 aromatic rings. The summed E-state index contributed by atoms with van der Waals surface area (Å²) < 4.78 is 24.6. The van der Waals surface area contributed by atoms with Crippen LogP contribution in [0.2, 0.25) is 0 Å². The molecule has 21 heavy (non-hydrogen) atoms. The summed E-state index contributed by atoms with van der Waals surface area (Å²) in [5.74, 6) is 1.92. The van der Waals surface area contributed by atoms with Crippen LogP contribution >= 0.6 is 0 Å². The largest absolute Gasteiger partial charge is 0.293 e. The Morgan fingerprint density at radius 1 is 1.33 bits per heavy atom. The maximum absolute atomic E-state index is 12.5. The highest BCUT2D eigenvalue weighted by atomic mass is 32.2. The fraction of sp³-hybridized carbons (Fsp3) is 0.857. The minimum atomic E-state index is -2.96. The molecule has 118 valence electrons. The molecule has 1 unspecified atom stereocenters. The first-order valence-corrected chi connectivity index (χ1v) is 9.50. The van der Waals surface area contributed by atoms with E-state index in [-0.39, 0.29) is 11.8 Å². The van der Waals surface area contributed by atoms with E-state index in [1.165, 1.54) is 0 Å². The highest BCUT2D eigenvalue weighted by molar-refractivity contribution is 7.92. The molecule has 0 bridgehead atoms. The van der Waals surface area contributed by atoms with Gasteiger partial charge in [-0.05, 0) is 26.2 Å². The van der Waals surface area contributed by atoms with Gasteiger partial charge in [-0.1, -0.05) is 13.3 Å². The molecule has 1 aliphatic heterocycles. The predicted molar refractivity (Wildman–Crippen MR) is 80.7 cm³/mol. The van der Waals surface area contributed by atoms with Crippen LogP contribution in [-0.4, -0.2) is 52.1 Å². The van der Waals surface area contributed by atoms with Crippen LogP contribution < -0.4 is 0 Å². The fourth-order valence-electron chi connectivity index (χ4n) is 3.41. The van der Waals surface area contributed by atoms with Crippen molar-refractivity contribution in [2.45, 2.75) is 56.7 Å². The molecule has 2 aliphatic rings. The van der Waals surface area contributed by atoms with E-state index >= 15 is 0 Å². The zero-order valence-electron chi connectivity index (χ0n) is 12.8. The normalized spacial score (nSPS) is 26.2. The lowest BCUT2D eigenvalue weighted by molar-refractivity contribution is 0.196. The quantitative estimate of drug-likeness (QED) is 0.914. The Morgan fingerprint density at radius 3 is 2.67 bits per heavy atom. The number of sulfone groups is 1. The van der Waals surface area contributed by atoms with Gasteiger partial charge in [0.05, 0.1) is 16.5 Å². The second-order valence-corrected chi connectivity index (χ2v) is 8.82. The van der Waals surface area contributed by atoms with Crippen molar-refractivity contribution < 1.29 is 8.42 Å². The molecule has 7 heteroatoms. The third-order valence-corrected chi connectivity index (χ3v) is 7.88. The number of aromatic amines is 1. The molecule has 0 amide bonds. The molecular formula is C14H24N4O2S. The van der Waals surface area contributed by atoms with Crippen molar-refractivity contribution in [3.05, 3.63) is 11.6 Å². The molecule has 1 N–H and O–H groups in total. The van der Waals surface area contributed by atoms with Gasteiger partial charge in [0.2, 0.25) is 0 Å². The third kappa shape index (κ3) is 2.50. The first-order valence-electron chi connectivity index (χ1n) is 7.85. The van der Waals surface area contributed by atoms with Crippen molar-refractivity contribution in [1.29, 1.82) is 0 Å². The minimum absolute atomic E-state index is 0.0620. The fourth-order valence-corrected chi connectivity index (χ4v) is 5.63. The number of hydrogen-bond acceptors (Lipinski definition) is 5. The van der Waals surface area contributed by atoms with E-state index < -0.39 is 14.6 Å². The van der Waals surface area contributed by atoms with E-state index in [1.54, 1.807) is 0 Å². The van der Waals surface area contributed by atoms with Crippen molar-refractivity contribution >= 4 is 9.84 Å². The van der Waals surface area contributed by atoms with Crippen LogP contribution in [0.5, 0.6) is 0 Å². The van der Waals surface area contributed by atoms with Crippen molar-refractivity contribution in [2.75, 3.05) is 18.8 Å². The van der Waals surface area contributed by atoms with E-state index in [2.05, 4.69) is 27.0 Å². The van der Waals surface area contributed by atoms with Crippen LogP contribution in [0.15, 0.2) is 0 Å². The van der Waals surface area contributed by atoms with E-state index in [9.17, 15) is 8.42 Å². The molecule has 1 spiro atoms. The van der Waals surface area contributed by atoms with Crippen LogP contribution in [0.25, 0.3) is 0 Å². The smallest absolute Gasteiger partial charge is 0.167 e. The summed E-state index contributed by atoms with van der Waals surface area (Å²) in [5, 5.41) is 7.21. The van der Waals surface area contributed by atoms with Crippen LogP contribution in [0.3, 0.4) is 0 Å². The lowest BCUT2D eigenvalue weighted by atomic mass is 9.81. The van der Waals surface area contributed by atoms with E-state index in [4.69, 9.17) is 0 Å². The Bertz CT molecular complexity index is 606. The number of nitrogens with one attached hydrogen (secondary N) is 1. The van der Waals surface area contributed by atoms with Gasteiger partial charge in [-0.2, -0.15) is 5.10 Å². The maximum Gasteiger partial charge on any atom is 0.167 e. The molecular weight excluding hydrogens is 288 g/mol. The summed E-state index contributed by atoms with van der Waals surface area (Å²) in [5.41, 5.74) is 0. The molecule has 0 aromatic carbocycles. The summed E-state index contributed by atoms with van der Waals surface area (Å²) in [6.07, 6.45) is 4.33. The SMILES string of the molecule is CCc1nc(C(C)N2CCC3(CCC3)S(=O)(=O)CC2)n[nH]1. The molecule has 6 nitrogen and oxygen atoms in total. The van der Waals surface area contributed by atoms with Gasteiger partial charge in [0.25, 0.3) is 0 Å². The monoisotopic (exact) mass is 312 g/mol. The Hall–Kier alpha value is -0.950. The van der Waals surface area contributed by atoms with E-state index in [0.717, 1.165) is 50.3 Å². The second-order valence-electron chi connectivity index (χ2n) is 6.31. The van der Waals surface area contributed by atoms with Gasteiger partial charge in [-0.15, -0.1) is 0 Å². The first kappa shape index (κ1) is 15.0. The Balaban J connectivity index is 1.75. The topological polar surface area (TPSA) is 79.0 Å². The van der Waals surface area contributed by atoms with Crippen molar-refractivity contribution in [2.24, 2.45) is 0 Å². The number of rotatable bonds is 3. The molecule has 2 fully saturated rings. The summed E-state index contributed by atoms with van der Waals surface area (Å²) in [7, 11) is -2.96. The van der Waals surface area contributed by atoms with Gasteiger partial charge in [0, 0.05) is 19.5 Å². The molecule has 2 heterocycles. The summed E-state index contributed by atoms with van der Waals surface area (Å²) in [6, 6.07) is 0.0620. The van der Waals surface area contributed by atoms with E-state index in [1.807, 2.05) is 6.92 Å². The van der Waals surface area contributed by atoms with Gasteiger partial charge in [0.15, 0.2) is 15.7 Å². The first-order chi connectivity index (χ1) is 9.97. The van der Waals surface area contributed by atoms with Crippen molar-refractivity contribution in [3.63, 3.8) is 0 Å². The van der Waals surface area contributed by atoms with E-state index in [0.29, 0.717) is 6.54 Å². The molecule has 1 saturated carbocycles. The average Bonchev–Trinajstić information content (AvgIpc) is 2.83. The molecule has 1 aliphatic carbocycles.